The summed E-state index contributed by atoms with van der Waals surface area (Å²) in [6.45, 7) is 14.9. The molecule has 5 nitrogen and oxygen atoms in total. The predicted octanol–water partition coefficient (Wildman–Crippen LogP) is 6.49. The Labute approximate surface area is 201 Å². The summed E-state index contributed by atoms with van der Waals surface area (Å²) in [7, 11) is 0. The number of thiophene rings is 1. The van der Waals surface area contributed by atoms with E-state index in [4.69, 9.17) is 9.47 Å². The first-order valence-electron chi connectivity index (χ1n) is 11.9. The quantitative estimate of drug-likeness (QED) is 0.469. The van der Waals surface area contributed by atoms with Crippen molar-refractivity contribution in [1.82, 2.24) is 0 Å². The van der Waals surface area contributed by atoms with Crippen molar-refractivity contribution in [3.8, 4) is 5.75 Å². The molecule has 1 heterocycles. The van der Waals surface area contributed by atoms with Gasteiger partial charge in [-0.2, -0.15) is 0 Å². The molecule has 0 saturated heterocycles. The number of fused-ring (bicyclic) bond motifs is 1. The molecule has 1 amide bonds. The van der Waals surface area contributed by atoms with E-state index in [0.29, 0.717) is 35.3 Å². The highest BCUT2D eigenvalue weighted by molar-refractivity contribution is 7.17. The molecule has 0 aliphatic heterocycles. The Morgan fingerprint density at radius 1 is 1.18 bits per heavy atom. The van der Waals surface area contributed by atoms with E-state index in [1.807, 2.05) is 39.0 Å². The lowest BCUT2D eigenvalue weighted by atomic mass is 9.72. The molecule has 2 aromatic rings. The second-order valence-electron chi connectivity index (χ2n) is 9.98. The number of hydrogen-bond acceptors (Lipinski definition) is 5. The highest BCUT2D eigenvalue weighted by atomic mass is 32.1. The van der Waals surface area contributed by atoms with Crippen LogP contribution in [0.2, 0.25) is 0 Å². The number of rotatable bonds is 7. The number of esters is 1. The molecule has 0 spiro atoms. The van der Waals surface area contributed by atoms with E-state index < -0.39 is 6.10 Å². The normalized spacial score (nSPS) is 16.6. The Morgan fingerprint density at radius 3 is 2.52 bits per heavy atom. The molecule has 1 aromatic carbocycles. The molecular weight excluding hydrogens is 434 g/mol. The van der Waals surface area contributed by atoms with E-state index >= 15 is 0 Å². The zero-order chi connectivity index (χ0) is 24.3. The van der Waals surface area contributed by atoms with Crippen molar-refractivity contribution < 1.29 is 19.1 Å². The minimum Gasteiger partial charge on any atom is -0.481 e. The zero-order valence-corrected chi connectivity index (χ0v) is 21.8. The van der Waals surface area contributed by atoms with Gasteiger partial charge in [0.15, 0.2) is 6.10 Å². The van der Waals surface area contributed by atoms with Gasteiger partial charge in [0.05, 0.1) is 12.2 Å². The second-order valence-corrected chi connectivity index (χ2v) is 11.1. The number of carbonyl (C=O) groups is 2. The van der Waals surface area contributed by atoms with Crippen LogP contribution in [0.5, 0.6) is 5.75 Å². The Kier molecular flexibility index (Phi) is 7.88. The number of carbonyl (C=O) groups excluding carboxylic acids is 2. The fourth-order valence-electron chi connectivity index (χ4n) is 4.30. The van der Waals surface area contributed by atoms with Crippen molar-refractivity contribution in [3.05, 3.63) is 45.3 Å². The van der Waals surface area contributed by atoms with Crippen LogP contribution in [0.1, 0.15) is 79.4 Å². The standard InChI is InChI=1S/C27H37NO4S/c1-8-21(32-19-12-10-16(3)17(4)14-19)24(29)28-25-23(26(30)31-9-2)20-13-11-18(27(5,6)7)15-22(20)33-25/h10,12,14,18,21H,8-9,11,13,15H2,1-7H3,(H,28,29)/t18-,21-/m1/s1. The Hall–Kier alpha value is -2.34. The minimum absolute atomic E-state index is 0.197. The number of amides is 1. The third-order valence-corrected chi connectivity index (χ3v) is 7.80. The lowest BCUT2D eigenvalue weighted by Gasteiger charge is -2.33. The molecule has 0 radical (unpaired) electrons. The first-order chi connectivity index (χ1) is 15.5. The first-order valence-corrected chi connectivity index (χ1v) is 12.7. The Morgan fingerprint density at radius 2 is 1.91 bits per heavy atom. The average molecular weight is 472 g/mol. The number of hydrogen-bond donors (Lipinski definition) is 1. The smallest absolute Gasteiger partial charge is 0.341 e. The van der Waals surface area contributed by atoms with E-state index in [-0.39, 0.29) is 17.3 Å². The van der Waals surface area contributed by atoms with Gasteiger partial charge in [0.25, 0.3) is 5.91 Å². The molecule has 33 heavy (non-hydrogen) atoms. The highest BCUT2D eigenvalue weighted by Crippen LogP contribution is 2.44. The van der Waals surface area contributed by atoms with Crippen LogP contribution in [0.15, 0.2) is 18.2 Å². The van der Waals surface area contributed by atoms with Gasteiger partial charge in [0.1, 0.15) is 10.8 Å². The van der Waals surface area contributed by atoms with E-state index in [1.54, 1.807) is 6.92 Å². The molecule has 2 atom stereocenters. The molecule has 6 heteroatoms. The van der Waals surface area contributed by atoms with Crippen LogP contribution in [0.25, 0.3) is 0 Å². The van der Waals surface area contributed by atoms with E-state index in [0.717, 1.165) is 30.4 Å². The Bertz CT molecular complexity index is 1020. The monoisotopic (exact) mass is 471 g/mol. The number of nitrogens with one attached hydrogen (secondary N) is 1. The summed E-state index contributed by atoms with van der Waals surface area (Å²) in [4.78, 5) is 27.2. The molecule has 0 unspecified atom stereocenters. The van der Waals surface area contributed by atoms with Crippen LogP contribution in [0.3, 0.4) is 0 Å². The average Bonchev–Trinajstić information content (AvgIpc) is 3.10. The summed E-state index contributed by atoms with van der Waals surface area (Å²) in [5.74, 6) is 0.609. The number of benzene rings is 1. The molecule has 0 fully saturated rings. The summed E-state index contributed by atoms with van der Waals surface area (Å²) >= 11 is 1.51. The van der Waals surface area contributed by atoms with E-state index in [2.05, 4.69) is 26.1 Å². The fourth-order valence-corrected chi connectivity index (χ4v) is 5.62. The number of aryl methyl sites for hydroxylation is 2. The summed E-state index contributed by atoms with van der Waals surface area (Å²) in [5.41, 5.74) is 4.06. The van der Waals surface area contributed by atoms with Crippen LogP contribution in [0.4, 0.5) is 5.00 Å². The molecule has 0 bridgehead atoms. The van der Waals surface area contributed by atoms with Crippen LogP contribution in [0, 0.1) is 25.2 Å². The van der Waals surface area contributed by atoms with Crippen LogP contribution in [-0.4, -0.2) is 24.6 Å². The van der Waals surface area contributed by atoms with Gasteiger partial charge in [-0.1, -0.05) is 33.8 Å². The maximum Gasteiger partial charge on any atom is 0.341 e. The van der Waals surface area contributed by atoms with Crippen molar-refractivity contribution >= 4 is 28.2 Å². The molecule has 1 aromatic heterocycles. The Balaban J connectivity index is 1.86. The molecule has 3 rings (SSSR count). The van der Waals surface area contributed by atoms with Crippen LogP contribution >= 0.6 is 11.3 Å². The van der Waals surface area contributed by atoms with Gasteiger partial charge in [-0.05, 0) is 86.6 Å². The lowest BCUT2D eigenvalue weighted by Crippen LogP contribution is -2.32. The summed E-state index contributed by atoms with van der Waals surface area (Å²) in [6, 6.07) is 5.83. The summed E-state index contributed by atoms with van der Waals surface area (Å²) < 4.78 is 11.4. The van der Waals surface area contributed by atoms with Crippen LogP contribution in [-0.2, 0) is 22.4 Å². The van der Waals surface area contributed by atoms with Gasteiger partial charge in [0.2, 0.25) is 0 Å². The van der Waals surface area contributed by atoms with E-state index in [1.165, 1.54) is 21.8 Å². The minimum atomic E-state index is -0.649. The van der Waals surface area contributed by atoms with Crippen LogP contribution < -0.4 is 10.1 Å². The van der Waals surface area contributed by atoms with Gasteiger partial charge in [-0.15, -0.1) is 11.3 Å². The largest absolute Gasteiger partial charge is 0.481 e. The molecule has 1 aliphatic rings. The van der Waals surface area contributed by atoms with Crippen molar-refractivity contribution in [2.45, 2.75) is 80.3 Å². The van der Waals surface area contributed by atoms with Gasteiger partial charge >= 0.3 is 5.97 Å². The van der Waals surface area contributed by atoms with Gasteiger partial charge in [-0.3, -0.25) is 4.79 Å². The van der Waals surface area contributed by atoms with E-state index in [9.17, 15) is 9.59 Å². The maximum atomic E-state index is 13.2. The molecule has 0 saturated carbocycles. The zero-order valence-electron chi connectivity index (χ0n) is 21.0. The van der Waals surface area contributed by atoms with Crippen molar-refractivity contribution in [1.29, 1.82) is 0 Å². The second kappa shape index (κ2) is 10.3. The summed E-state index contributed by atoms with van der Waals surface area (Å²) in [6.07, 6.45) is 2.64. The third-order valence-electron chi connectivity index (χ3n) is 6.63. The third kappa shape index (κ3) is 5.78. The van der Waals surface area contributed by atoms with Crippen molar-refractivity contribution in [3.63, 3.8) is 0 Å². The van der Waals surface area contributed by atoms with Gasteiger partial charge < -0.3 is 14.8 Å². The molecule has 1 N–H and O–H groups in total. The lowest BCUT2D eigenvalue weighted by molar-refractivity contribution is -0.122. The first kappa shape index (κ1) is 25.3. The molecule has 180 valence electrons. The van der Waals surface area contributed by atoms with Crippen molar-refractivity contribution in [2.24, 2.45) is 11.3 Å². The maximum absolute atomic E-state index is 13.2. The molecular formula is C27H37NO4S. The number of anilines is 1. The van der Waals surface area contributed by atoms with Gasteiger partial charge in [0, 0.05) is 4.88 Å². The predicted molar refractivity (Wildman–Crippen MR) is 134 cm³/mol. The highest BCUT2D eigenvalue weighted by Gasteiger charge is 2.35. The molecule has 1 aliphatic carbocycles. The van der Waals surface area contributed by atoms with Crippen molar-refractivity contribution in [2.75, 3.05) is 11.9 Å². The summed E-state index contributed by atoms with van der Waals surface area (Å²) in [5, 5.41) is 3.60. The SMILES string of the molecule is CCOC(=O)c1c(NC(=O)[C@@H](CC)Oc2ccc(C)c(C)c2)sc2c1CC[C@@H](C(C)(C)C)C2. The number of ether oxygens (including phenoxy) is 2. The fraction of sp³-hybridized carbons (Fsp3) is 0.556. The van der Waals surface area contributed by atoms with Gasteiger partial charge in [-0.25, -0.2) is 4.79 Å². The topological polar surface area (TPSA) is 64.6 Å².